The van der Waals surface area contributed by atoms with E-state index >= 15 is 0 Å². The number of aryl methyl sites for hydroxylation is 1. The van der Waals surface area contributed by atoms with E-state index in [-0.39, 0.29) is 0 Å². The lowest BCUT2D eigenvalue weighted by atomic mass is 10.2. The number of benzene rings is 2. The van der Waals surface area contributed by atoms with E-state index in [4.69, 9.17) is 16.2 Å². The van der Waals surface area contributed by atoms with Crippen molar-refractivity contribution >= 4 is 45.9 Å². The van der Waals surface area contributed by atoms with E-state index in [0.29, 0.717) is 28.0 Å². The number of nitrogens with one attached hydrogen (secondary N) is 3. The fraction of sp³-hybridized carbons (Fsp3) is 0.0588. The van der Waals surface area contributed by atoms with E-state index in [1.54, 1.807) is 0 Å². The largest absolute Gasteiger partial charge is 0.337 e. The maximum Gasteiger partial charge on any atom is 0.245 e. The van der Waals surface area contributed by atoms with Crippen LogP contribution in [-0.2, 0) is 0 Å². The van der Waals surface area contributed by atoms with Gasteiger partial charge in [-0.05, 0) is 47.1 Å². The number of hydrogen-bond acceptors (Lipinski definition) is 8. The van der Waals surface area contributed by atoms with Crippen molar-refractivity contribution in [1.82, 2.24) is 20.3 Å². The molecule has 9 heteroatoms. The Labute approximate surface area is 153 Å². The predicted octanol–water partition coefficient (Wildman–Crippen LogP) is 4.16. The van der Waals surface area contributed by atoms with E-state index in [2.05, 4.69) is 36.4 Å². The van der Waals surface area contributed by atoms with Gasteiger partial charge in [0.15, 0.2) is 11.6 Å². The first kappa shape index (κ1) is 16.1. The van der Waals surface area contributed by atoms with Gasteiger partial charge in [0, 0.05) is 10.7 Å². The Hall–Kier alpha value is -3.39. The third-order valence-electron chi connectivity index (χ3n) is 3.65. The highest BCUT2D eigenvalue weighted by molar-refractivity contribution is 6.31. The van der Waals surface area contributed by atoms with Crippen LogP contribution in [0.4, 0.5) is 23.0 Å². The molecular formula is C17H14ClN7O. The van der Waals surface area contributed by atoms with Gasteiger partial charge in [-0.15, -0.1) is 0 Å². The SMILES string of the molecule is Cc1ccc(Nc2nc3nonc3nc2NNc2ccccc2)cc1Cl. The maximum absolute atomic E-state index is 6.20. The summed E-state index contributed by atoms with van der Waals surface area (Å²) in [4.78, 5) is 8.80. The average Bonchev–Trinajstić information content (AvgIpc) is 3.11. The second-order valence-corrected chi connectivity index (χ2v) is 5.94. The zero-order valence-corrected chi connectivity index (χ0v) is 14.4. The van der Waals surface area contributed by atoms with Crippen LogP contribution in [0.2, 0.25) is 5.02 Å². The molecule has 4 rings (SSSR count). The lowest BCUT2D eigenvalue weighted by molar-refractivity contribution is 0.314. The van der Waals surface area contributed by atoms with E-state index in [1.165, 1.54) is 0 Å². The molecule has 0 aliphatic rings. The molecule has 0 unspecified atom stereocenters. The third-order valence-corrected chi connectivity index (χ3v) is 4.06. The van der Waals surface area contributed by atoms with Gasteiger partial charge in [0.05, 0.1) is 5.69 Å². The minimum absolute atomic E-state index is 0.301. The van der Waals surface area contributed by atoms with Crippen LogP contribution in [0.3, 0.4) is 0 Å². The molecule has 0 bridgehead atoms. The summed E-state index contributed by atoms with van der Waals surface area (Å²) in [6.07, 6.45) is 0. The Morgan fingerprint density at radius 2 is 1.58 bits per heavy atom. The van der Waals surface area contributed by atoms with Crippen LogP contribution < -0.4 is 16.2 Å². The molecule has 2 heterocycles. The highest BCUT2D eigenvalue weighted by Crippen LogP contribution is 2.26. The molecule has 26 heavy (non-hydrogen) atoms. The molecule has 2 aromatic carbocycles. The van der Waals surface area contributed by atoms with Gasteiger partial charge in [0.25, 0.3) is 0 Å². The van der Waals surface area contributed by atoms with Crippen molar-refractivity contribution in [2.45, 2.75) is 6.92 Å². The Bertz CT molecular complexity index is 1050. The molecule has 3 N–H and O–H groups in total. The smallest absolute Gasteiger partial charge is 0.245 e. The van der Waals surface area contributed by atoms with Gasteiger partial charge in [-0.25, -0.2) is 9.61 Å². The summed E-state index contributed by atoms with van der Waals surface area (Å²) in [5.41, 5.74) is 9.33. The summed E-state index contributed by atoms with van der Waals surface area (Å²) in [6, 6.07) is 15.3. The van der Waals surface area contributed by atoms with Gasteiger partial charge in [-0.3, -0.25) is 10.9 Å². The summed E-state index contributed by atoms with van der Waals surface area (Å²) in [5, 5.41) is 11.3. The van der Waals surface area contributed by atoms with Gasteiger partial charge < -0.3 is 5.32 Å². The highest BCUT2D eigenvalue weighted by atomic mass is 35.5. The molecule has 0 spiro atoms. The van der Waals surface area contributed by atoms with Crippen molar-refractivity contribution in [3.8, 4) is 0 Å². The first-order valence-corrected chi connectivity index (χ1v) is 8.17. The predicted molar refractivity (Wildman–Crippen MR) is 101 cm³/mol. The van der Waals surface area contributed by atoms with Crippen molar-refractivity contribution in [2.24, 2.45) is 0 Å². The van der Waals surface area contributed by atoms with Gasteiger partial charge >= 0.3 is 0 Å². The molecule has 0 amide bonds. The summed E-state index contributed by atoms with van der Waals surface area (Å²) in [7, 11) is 0. The number of fused-ring (bicyclic) bond motifs is 1. The minimum atomic E-state index is 0.301. The molecule has 0 aliphatic heterocycles. The Morgan fingerprint density at radius 3 is 2.31 bits per heavy atom. The Balaban J connectivity index is 1.66. The summed E-state index contributed by atoms with van der Waals surface area (Å²) >= 11 is 6.20. The second kappa shape index (κ2) is 6.85. The van der Waals surface area contributed by atoms with Gasteiger partial charge in [-0.2, -0.15) is 4.98 Å². The average molecular weight is 368 g/mol. The standard InChI is InChI=1S/C17H14ClN7O/c1-10-7-8-12(9-13(10)18)19-14-15(21-17-16(20-14)24-26-25-17)23-22-11-5-3-2-4-6-11/h2-9,22H,1H3,(H,19,20,24)(H,21,23,25). The van der Waals surface area contributed by atoms with Crippen LogP contribution in [-0.4, -0.2) is 20.3 Å². The molecular weight excluding hydrogens is 354 g/mol. The number of rotatable bonds is 5. The van der Waals surface area contributed by atoms with Crippen LogP contribution >= 0.6 is 11.6 Å². The van der Waals surface area contributed by atoms with Gasteiger partial charge in [0.1, 0.15) is 0 Å². The second-order valence-electron chi connectivity index (χ2n) is 5.54. The minimum Gasteiger partial charge on any atom is -0.337 e. The molecule has 0 radical (unpaired) electrons. The molecule has 8 nitrogen and oxygen atoms in total. The van der Waals surface area contributed by atoms with E-state index in [1.807, 2.05) is 55.5 Å². The van der Waals surface area contributed by atoms with Crippen LogP contribution in [0, 0.1) is 6.92 Å². The van der Waals surface area contributed by atoms with Crippen molar-refractivity contribution in [1.29, 1.82) is 0 Å². The number of hydrazine groups is 1. The third kappa shape index (κ3) is 3.35. The fourth-order valence-corrected chi connectivity index (χ4v) is 2.45. The molecule has 0 fully saturated rings. The number of halogens is 1. The van der Waals surface area contributed by atoms with Gasteiger partial charge in [-0.1, -0.05) is 35.9 Å². The molecule has 0 aliphatic carbocycles. The van der Waals surface area contributed by atoms with Crippen LogP contribution in [0.1, 0.15) is 5.56 Å². The Morgan fingerprint density at radius 1 is 0.846 bits per heavy atom. The van der Waals surface area contributed by atoms with Gasteiger partial charge in [0.2, 0.25) is 11.3 Å². The quantitative estimate of drug-likeness (QED) is 0.452. The topological polar surface area (TPSA) is 101 Å². The molecule has 0 saturated carbocycles. The fourth-order valence-electron chi connectivity index (χ4n) is 2.27. The molecule has 0 atom stereocenters. The molecule has 2 aromatic heterocycles. The van der Waals surface area contributed by atoms with Crippen molar-refractivity contribution in [3.05, 3.63) is 59.1 Å². The monoisotopic (exact) mass is 367 g/mol. The van der Waals surface area contributed by atoms with Crippen molar-refractivity contribution < 1.29 is 4.63 Å². The van der Waals surface area contributed by atoms with Crippen LogP contribution in [0.5, 0.6) is 0 Å². The molecule has 130 valence electrons. The summed E-state index contributed by atoms with van der Waals surface area (Å²) in [6.45, 7) is 1.94. The number of nitrogens with zero attached hydrogens (tertiary/aromatic N) is 4. The zero-order chi connectivity index (χ0) is 17.9. The van der Waals surface area contributed by atoms with Crippen molar-refractivity contribution in [3.63, 3.8) is 0 Å². The first-order chi connectivity index (χ1) is 12.7. The lowest BCUT2D eigenvalue weighted by Crippen LogP contribution is -2.13. The number of anilines is 4. The first-order valence-electron chi connectivity index (χ1n) is 7.79. The van der Waals surface area contributed by atoms with Crippen LogP contribution in [0.15, 0.2) is 53.2 Å². The van der Waals surface area contributed by atoms with E-state index < -0.39 is 0 Å². The number of para-hydroxylation sites is 1. The summed E-state index contributed by atoms with van der Waals surface area (Å²) in [5.74, 6) is 0.894. The maximum atomic E-state index is 6.20. The number of hydrogen-bond donors (Lipinski definition) is 3. The van der Waals surface area contributed by atoms with E-state index in [0.717, 1.165) is 16.9 Å². The molecule has 4 aromatic rings. The normalized spacial score (nSPS) is 10.7. The summed E-state index contributed by atoms with van der Waals surface area (Å²) < 4.78 is 4.70. The molecule has 0 saturated heterocycles. The van der Waals surface area contributed by atoms with E-state index in [9.17, 15) is 0 Å². The lowest BCUT2D eigenvalue weighted by Gasteiger charge is -2.13. The Kier molecular flexibility index (Phi) is 4.24. The zero-order valence-electron chi connectivity index (χ0n) is 13.7. The highest BCUT2D eigenvalue weighted by Gasteiger charge is 2.13. The number of aromatic nitrogens is 4. The van der Waals surface area contributed by atoms with Crippen LogP contribution in [0.25, 0.3) is 11.3 Å². The van der Waals surface area contributed by atoms with Crippen molar-refractivity contribution in [2.75, 3.05) is 16.2 Å².